The van der Waals surface area contributed by atoms with Gasteiger partial charge in [-0.25, -0.2) is 4.79 Å². The standard InChI is InChI=1S/C18H19ClN2O2/c1-23-17-4-2-3-15(13-17)10-12-21-18(22)20-11-9-14-5-7-16(19)8-6-14/h2-8,10,12-13H,9,11H2,1H3,(H2,20,21,22)/b12-10+. The van der Waals surface area contributed by atoms with Crippen LogP contribution in [-0.2, 0) is 6.42 Å². The highest BCUT2D eigenvalue weighted by Gasteiger charge is 1.98. The summed E-state index contributed by atoms with van der Waals surface area (Å²) < 4.78 is 5.14. The molecule has 2 amide bonds. The molecule has 2 N–H and O–H groups in total. The lowest BCUT2D eigenvalue weighted by Gasteiger charge is -2.05. The van der Waals surface area contributed by atoms with Gasteiger partial charge in [-0.05, 0) is 47.9 Å². The lowest BCUT2D eigenvalue weighted by atomic mass is 10.1. The lowest BCUT2D eigenvalue weighted by molar-refractivity contribution is 0.244. The maximum Gasteiger partial charge on any atom is 0.318 e. The van der Waals surface area contributed by atoms with E-state index < -0.39 is 0 Å². The second-order valence-electron chi connectivity index (χ2n) is 4.89. The highest BCUT2D eigenvalue weighted by molar-refractivity contribution is 6.30. The molecule has 2 aromatic carbocycles. The Labute approximate surface area is 141 Å². The zero-order chi connectivity index (χ0) is 16.5. The molecule has 0 spiro atoms. The van der Waals surface area contributed by atoms with Crippen molar-refractivity contribution in [1.29, 1.82) is 0 Å². The molecular weight excluding hydrogens is 312 g/mol. The Morgan fingerprint density at radius 3 is 2.74 bits per heavy atom. The summed E-state index contributed by atoms with van der Waals surface area (Å²) in [5.74, 6) is 0.777. The van der Waals surface area contributed by atoms with Crippen LogP contribution < -0.4 is 15.4 Å². The fourth-order valence-corrected chi connectivity index (χ4v) is 2.11. The van der Waals surface area contributed by atoms with Crippen LogP contribution in [0, 0.1) is 0 Å². The van der Waals surface area contributed by atoms with Gasteiger partial charge in [0, 0.05) is 17.8 Å². The zero-order valence-corrected chi connectivity index (χ0v) is 13.6. The average Bonchev–Trinajstić information content (AvgIpc) is 2.57. The first-order chi connectivity index (χ1) is 11.2. The quantitative estimate of drug-likeness (QED) is 0.845. The Kier molecular flexibility index (Phi) is 6.51. The van der Waals surface area contributed by atoms with Gasteiger partial charge in [0.1, 0.15) is 5.75 Å². The Morgan fingerprint density at radius 1 is 1.22 bits per heavy atom. The molecule has 0 aromatic heterocycles. The first kappa shape index (κ1) is 16.9. The van der Waals surface area contributed by atoms with Gasteiger partial charge in [-0.2, -0.15) is 0 Å². The first-order valence-corrected chi connectivity index (χ1v) is 7.64. The van der Waals surface area contributed by atoms with Gasteiger partial charge in [0.2, 0.25) is 0 Å². The van der Waals surface area contributed by atoms with Crippen molar-refractivity contribution in [1.82, 2.24) is 10.6 Å². The summed E-state index contributed by atoms with van der Waals surface area (Å²) >= 11 is 5.83. The van der Waals surface area contributed by atoms with Gasteiger partial charge in [0.25, 0.3) is 0 Å². The van der Waals surface area contributed by atoms with Crippen molar-refractivity contribution in [2.75, 3.05) is 13.7 Å². The molecule has 2 rings (SSSR count). The number of urea groups is 1. The number of ether oxygens (including phenoxy) is 1. The van der Waals surface area contributed by atoms with E-state index in [1.54, 1.807) is 19.4 Å². The number of hydrogen-bond acceptors (Lipinski definition) is 2. The van der Waals surface area contributed by atoms with Crippen LogP contribution in [-0.4, -0.2) is 19.7 Å². The number of methoxy groups -OCH3 is 1. The molecule has 0 fully saturated rings. The minimum absolute atomic E-state index is 0.238. The topological polar surface area (TPSA) is 50.4 Å². The van der Waals surface area contributed by atoms with E-state index in [9.17, 15) is 4.79 Å². The maximum atomic E-state index is 11.7. The van der Waals surface area contributed by atoms with Crippen LogP contribution in [0.25, 0.3) is 6.08 Å². The summed E-state index contributed by atoms with van der Waals surface area (Å²) in [6.07, 6.45) is 4.16. The summed E-state index contributed by atoms with van der Waals surface area (Å²) in [5, 5.41) is 6.18. The van der Waals surface area contributed by atoms with Crippen molar-refractivity contribution in [3.05, 3.63) is 70.9 Å². The Morgan fingerprint density at radius 2 is 2.00 bits per heavy atom. The molecule has 0 heterocycles. The normalized spacial score (nSPS) is 10.5. The van der Waals surface area contributed by atoms with Crippen molar-refractivity contribution < 1.29 is 9.53 Å². The fraction of sp³-hybridized carbons (Fsp3) is 0.167. The number of benzene rings is 2. The van der Waals surface area contributed by atoms with E-state index in [2.05, 4.69) is 10.6 Å². The largest absolute Gasteiger partial charge is 0.497 e. The molecule has 0 aliphatic carbocycles. The minimum Gasteiger partial charge on any atom is -0.497 e. The number of rotatable bonds is 6. The third-order valence-electron chi connectivity index (χ3n) is 3.20. The smallest absolute Gasteiger partial charge is 0.318 e. The van der Waals surface area contributed by atoms with Gasteiger partial charge in [0.05, 0.1) is 7.11 Å². The molecule has 0 saturated carbocycles. The van der Waals surface area contributed by atoms with Crippen LogP contribution in [0.15, 0.2) is 54.7 Å². The Balaban J connectivity index is 1.72. The molecule has 0 radical (unpaired) electrons. The van der Waals surface area contributed by atoms with Crippen LogP contribution in [0.4, 0.5) is 4.79 Å². The maximum absolute atomic E-state index is 11.7. The van der Waals surface area contributed by atoms with E-state index in [1.165, 1.54) is 0 Å². The molecular formula is C18H19ClN2O2. The van der Waals surface area contributed by atoms with Gasteiger partial charge < -0.3 is 15.4 Å². The van der Waals surface area contributed by atoms with Crippen LogP contribution in [0.5, 0.6) is 5.75 Å². The molecule has 120 valence electrons. The molecule has 2 aromatic rings. The molecule has 0 aliphatic heterocycles. The monoisotopic (exact) mass is 330 g/mol. The van der Waals surface area contributed by atoms with E-state index in [0.717, 1.165) is 23.3 Å². The summed E-state index contributed by atoms with van der Waals surface area (Å²) in [4.78, 5) is 11.7. The number of halogens is 1. The molecule has 0 atom stereocenters. The van der Waals surface area contributed by atoms with Crippen LogP contribution in [0.1, 0.15) is 11.1 Å². The molecule has 0 saturated heterocycles. The van der Waals surface area contributed by atoms with Crippen LogP contribution in [0.3, 0.4) is 0 Å². The Bertz CT molecular complexity index is 669. The molecule has 5 heteroatoms. The third kappa shape index (κ3) is 6.04. The van der Waals surface area contributed by atoms with Crippen molar-refractivity contribution in [3.63, 3.8) is 0 Å². The fourth-order valence-electron chi connectivity index (χ4n) is 1.98. The molecule has 4 nitrogen and oxygen atoms in total. The first-order valence-electron chi connectivity index (χ1n) is 7.27. The van der Waals surface area contributed by atoms with Gasteiger partial charge in [-0.3, -0.25) is 0 Å². The highest BCUT2D eigenvalue weighted by atomic mass is 35.5. The summed E-state index contributed by atoms with van der Waals surface area (Å²) in [6, 6.07) is 14.9. The minimum atomic E-state index is -0.238. The van der Waals surface area contributed by atoms with E-state index in [1.807, 2.05) is 48.5 Å². The third-order valence-corrected chi connectivity index (χ3v) is 3.45. The number of hydrogen-bond donors (Lipinski definition) is 2. The van der Waals surface area contributed by atoms with E-state index in [-0.39, 0.29) is 6.03 Å². The van der Waals surface area contributed by atoms with Crippen molar-refractivity contribution in [2.45, 2.75) is 6.42 Å². The van der Waals surface area contributed by atoms with Gasteiger partial charge in [-0.1, -0.05) is 35.9 Å². The van der Waals surface area contributed by atoms with Crippen LogP contribution >= 0.6 is 11.6 Å². The number of carbonyl (C=O) groups is 1. The molecule has 0 aliphatic rings. The second-order valence-corrected chi connectivity index (χ2v) is 5.32. The van der Waals surface area contributed by atoms with E-state index in [0.29, 0.717) is 11.6 Å². The predicted octanol–water partition coefficient (Wildman–Crippen LogP) is 3.86. The van der Waals surface area contributed by atoms with Crippen molar-refractivity contribution in [3.8, 4) is 5.75 Å². The average molecular weight is 331 g/mol. The van der Waals surface area contributed by atoms with E-state index in [4.69, 9.17) is 16.3 Å². The molecule has 23 heavy (non-hydrogen) atoms. The molecule has 0 unspecified atom stereocenters. The SMILES string of the molecule is COc1cccc(/C=C/NC(=O)NCCc2ccc(Cl)cc2)c1. The Hall–Kier alpha value is -2.46. The number of nitrogens with one attached hydrogen (secondary N) is 2. The second kappa shape index (κ2) is 8.86. The van der Waals surface area contributed by atoms with Gasteiger partial charge >= 0.3 is 6.03 Å². The highest BCUT2D eigenvalue weighted by Crippen LogP contribution is 2.13. The predicted molar refractivity (Wildman–Crippen MR) is 93.7 cm³/mol. The van der Waals surface area contributed by atoms with Crippen LogP contribution in [0.2, 0.25) is 5.02 Å². The summed E-state index contributed by atoms with van der Waals surface area (Å²) in [5.41, 5.74) is 2.08. The summed E-state index contributed by atoms with van der Waals surface area (Å²) in [7, 11) is 1.62. The van der Waals surface area contributed by atoms with Crippen molar-refractivity contribution in [2.24, 2.45) is 0 Å². The van der Waals surface area contributed by atoms with E-state index >= 15 is 0 Å². The van der Waals surface area contributed by atoms with Crippen molar-refractivity contribution >= 4 is 23.7 Å². The molecule has 0 bridgehead atoms. The van der Waals surface area contributed by atoms with Gasteiger partial charge in [0.15, 0.2) is 0 Å². The number of carbonyl (C=O) groups excluding carboxylic acids is 1. The zero-order valence-electron chi connectivity index (χ0n) is 12.9. The van der Waals surface area contributed by atoms with Gasteiger partial charge in [-0.15, -0.1) is 0 Å². The summed E-state index contributed by atoms with van der Waals surface area (Å²) in [6.45, 7) is 0.556. The number of amides is 2. The lowest BCUT2D eigenvalue weighted by Crippen LogP contribution is -2.33.